The smallest absolute Gasteiger partial charge is 0.287 e. The number of rotatable bonds is 4. The molecule has 0 amide bonds. The molecule has 9 heteroatoms. The summed E-state index contributed by atoms with van der Waals surface area (Å²) in [5.41, 5.74) is -0.711. The Balaban J connectivity index is 2.38. The van der Waals surface area contributed by atoms with Crippen LogP contribution < -0.4 is 0 Å². The third kappa shape index (κ3) is 3.38. The van der Waals surface area contributed by atoms with E-state index >= 15 is 0 Å². The maximum Gasteiger partial charge on any atom is 0.433 e. The molecule has 2 heterocycles. The number of carbonyl (C=O) groups is 1. The summed E-state index contributed by atoms with van der Waals surface area (Å²) in [6.45, 7) is 1.92. The molecule has 0 unspecified atom stereocenters. The molecule has 0 saturated heterocycles. The van der Waals surface area contributed by atoms with Crippen LogP contribution in [-0.4, -0.2) is 20.4 Å². The van der Waals surface area contributed by atoms with Gasteiger partial charge < -0.3 is 0 Å². The maximum atomic E-state index is 12.5. The zero-order chi connectivity index (χ0) is 15.6. The van der Waals surface area contributed by atoms with Crippen molar-refractivity contribution in [2.24, 2.45) is 0 Å². The molecule has 2 aromatic rings. The van der Waals surface area contributed by atoms with E-state index in [4.69, 9.17) is 11.6 Å². The van der Waals surface area contributed by atoms with Gasteiger partial charge in [-0.05, 0) is 30.1 Å². The van der Waals surface area contributed by atoms with Crippen molar-refractivity contribution in [1.82, 2.24) is 14.6 Å². The molecule has 4 nitrogen and oxygen atoms in total. The van der Waals surface area contributed by atoms with E-state index in [0.717, 1.165) is 30.1 Å². The van der Waals surface area contributed by atoms with E-state index in [1.807, 2.05) is 6.92 Å². The highest BCUT2D eigenvalue weighted by molar-refractivity contribution is 7.08. The highest BCUT2D eigenvalue weighted by Crippen LogP contribution is 2.30. The van der Waals surface area contributed by atoms with Crippen molar-refractivity contribution in [1.29, 1.82) is 0 Å². The SMILES string of the molecule is CCCc1nnsc1C(=O)c1ccc(C(F)(F)F)nc1Cl. The van der Waals surface area contributed by atoms with E-state index in [1.54, 1.807) is 0 Å². The van der Waals surface area contributed by atoms with E-state index in [1.165, 1.54) is 0 Å². The lowest BCUT2D eigenvalue weighted by molar-refractivity contribution is -0.141. The number of aryl methyl sites for hydroxylation is 1. The third-order valence-corrected chi connectivity index (χ3v) is 3.69. The van der Waals surface area contributed by atoms with E-state index in [9.17, 15) is 18.0 Å². The van der Waals surface area contributed by atoms with Crippen LogP contribution in [0.3, 0.4) is 0 Å². The largest absolute Gasteiger partial charge is 0.433 e. The molecule has 0 bridgehead atoms. The topological polar surface area (TPSA) is 55.7 Å². The van der Waals surface area contributed by atoms with Gasteiger partial charge in [-0.15, -0.1) is 5.10 Å². The molecule has 112 valence electrons. The van der Waals surface area contributed by atoms with E-state index < -0.39 is 22.8 Å². The standard InChI is InChI=1S/C12H9ClF3N3OS/c1-2-3-7-10(21-19-18-7)9(20)6-4-5-8(12(14,15)16)17-11(6)13/h4-5H,2-3H2,1H3. The minimum absolute atomic E-state index is 0.0898. The van der Waals surface area contributed by atoms with Gasteiger partial charge in [0.1, 0.15) is 15.7 Å². The second-order valence-electron chi connectivity index (χ2n) is 4.16. The molecular formula is C12H9ClF3N3OS. The molecule has 2 rings (SSSR count). The van der Waals surface area contributed by atoms with Crippen molar-refractivity contribution in [3.8, 4) is 0 Å². The fraction of sp³-hybridized carbons (Fsp3) is 0.333. The Labute approximate surface area is 127 Å². The van der Waals surface area contributed by atoms with Crippen molar-refractivity contribution < 1.29 is 18.0 Å². The molecular weight excluding hydrogens is 327 g/mol. The van der Waals surface area contributed by atoms with Crippen molar-refractivity contribution in [3.63, 3.8) is 0 Å². The molecule has 0 N–H and O–H groups in total. The van der Waals surface area contributed by atoms with Crippen LogP contribution in [-0.2, 0) is 12.6 Å². The van der Waals surface area contributed by atoms with Gasteiger partial charge in [0.15, 0.2) is 0 Å². The van der Waals surface area contributed by atoms with Gasteiger partial charge in [-0.25, -0.2) is 4.98 Å². The minimum Gasteiger partial charge on any atom is -0.287 e. The van der Waals surface area contributed by atoms with Crippen LogP contribution in [0.15, 0.2) is 12.1 Å². The number of carbonyl (C=O) groups excluding carboxylic acids is 1. The molecule has 0 radical (unpaired) electrons. The summed E-state index contributed by atoms with van der Waals surface area (Å²) in [7, 11) is 0. The van der Waals surface area contributed by atoms with E-state index in [0.29, 0.717) is 12.1 Å². The van der Waals surface area contributed by atoms with Crippen molar-refractivity contribution >= 4 is 28.9 Å². The molecule has 0 fully saturated rings. The Morgan fingerprint density at radius 2 is 2.10 bits per heavy atom. The molecule has 0 aliphatic heterocycles. The number of ketones is 1. The Morgan fingerprint density at radius 3 is 2.67 bits per heavy atom. The van der Waals surface area contributed by atoms with Gasteiger partial charge in [-0.1, -0.05) is 29.4 Å². The molecule has 0 saturated carbocycles. The first-order chi connectivity index (χ1) is 9.84. The average molecular weight is 336 g/mol. The van der Waals surface area contributed by atoms with E-state index in [2.05, 4.69) is 14.6 Å². The first-order valence-electron chi connectivity index (χ1n) is 5.94. The maximum absolute atomic E-state index is 12.5. The Hall–Kier alpha value is -1.54. The van der Waals surface area contributed by atoms with Crippen LogP contribution in [0, 0.1) is 0 Å². The fourth-order valence-electron chi connectivity index (χ4n) is 1.67. The highest BCUT2D eigenvalue weighted by Gasteiger charge is 2.33. The second-order valence-corrected chi connectivity index (χ2v) is 5.27. The summed E-state index contributed by atoms with van der Waals surface area (Å²) >= 11 is 6.60. The average Bonchev–Trinajstić information content (AvgIpc) is 2.85. The van der Waals surface area contributed by atoms with Gasteiger partial charge in [0.25, 0.3) is 0 Å². The number of hydrogen-bond acceptors (Lipinski definition) is 5. The molecule has 0 aliphatic rings. The highest BCUT2D eigenvalue weighted by atomic mass is 35.5. The van der Waals surface area contributed by atoms with Crippen LogP contribution in [0.1, 0.15) is 40.0 Å². The van der Waals surface area contributed by atoms with Crippen LogP contribution in [0.5, 0.6) is 0 Å². The van der Waals surface area contributed by atoms with Gasteiger partial charge >= 0.3 is 6.18 Å². The summed E-state index contributed by atoms with van der Waals surface area (Å²) in [6, 6.07) is 1.75. The lowest BCUT2D eigenvalue weighted by atomic mass is 10.1. The number of alkyl halides is 3. The molecule has 0 aromatic carbocycles. The predicted molar refractivity (Wildman–Crippen MR) is 71.6 cm³/mol. The molecule has 21 heavy (non-hydrogen) atoms. The minimum atomic E-state index is -4.61. The molecule has 0 atom stereocenters. The summed E-state index contributed by atoms with van der Waals surface area (Å²) in [6.07, 6.45) is -3.28. The quantitative estimate of drug-likeness (QED) is 0.630. The van der Waals surface area contributed by atoms with Gasteiger partial charge in [-0.3, -0.25) is 4.79 Å². The first kappa shape index (κ1) is 15.8. The van der Waals surface area contributed by atoms with Gasteiger partial charge in [0.05, 0.1) is 11.3 Å². The summed E-state index contributed by atoms with van der Waals surface area (Å²) < 4.78 is 41.2. The zero-order valence-electron chi connectivity index (χ0n) is 10.7. The van der Waals surface area contributed by atoms with Crippen LogP contribution >= 0.6 is 23.1 Å². The summed E-state index contributed by atoms with van der Waals surface area (Å²) in [5, 5.41) is 3.36. The Kier molecular flexibility index (Phi) is 4.58. The number of hydrogen-bond donors (Lipinski definition) is 0. The van der Waals surface area contributed by atoms with Crippen molar-refractivity contribution in [2.45, 2.75) is 25.9 Å². The van der Waals surface area contributed by atoms with Crippen LogP contribution in [0.4, 0.5) is 13.2 Å². The zero-order valence-corrected chi connectivity index (χ0v) is 12.3. The van der Waals surface area contributed by atoms with E-state index in [-0.39, 0.29) is 10.4 Å². The third-order valence-electron chi connectivity index (χ3n) is 2.63. The second kappa shape index (κ2) is 6.07. The number of halogens is 4. The first-order valence-corrected chi connectivity index (χ1v) is 7.09. The fourth-order valence-corrected chi connectivity index (χ4v) is 2.57. The van der Waals surface area contributed by atoms with Gasteiger partial charge in [0.2, 0.25) is 5.78 Å². The predicted octanol–water partition coefficient (Wildman–Crippen LogP) is 3.79. The number of aromatic nitrogens is 3. The molecule has 0 spiro atoms. The lowest BCUT2D eigenvalue weighted by Crippen LogP contribution is -2.11. The van der Waals surface area contributed by atoms with Crippen molar-refractivity contribution in [2.75, 3.05) is 0 Å². The van der Waals surface area contributed by atoms with Gasteiger partial charge in [0, 0.05) is 0 Å². The summed E-state index contributed by atoms with van der Waals surface area (Å²) in [4.78, 5) is 15.8. The molecule has 0 aliphatic carbocycles. The number of nitrogens with zero attached hydrogens (tertiary/aromatic N) is 3. The Morgan fingerprint density at radius 1 is 1.38 bits per heavy atom. The van der Waals surface area contributed by atoms with Crippen LogP contribution in [0.2, 0.25) is 5.15 Å². The van der Waals surface area contributed by atoms with Crippen molar-refractivity contribution in [3.05, 3.63) is 39.1 Å². The van der Waals surface area contributed by atoms with Crippen LogP contribution in [0.25, 0.3) is 0 Å². The summed E-state index contributed by atoms with van der Waals surface area (Å²) in [5.74, 6) is -0.514. The Bertz CT molecular complexity index is 672. The normalized spacial score (nSPS) is 11.7. The molecule has 2 aromatic heterocycles. The lowest BCUT2D eigenvalue weighted by Gasteiger charge is -2.08. The van der Waals surface area contributed by atoms with Gasteiger partial charge in [-0.2, -0.15) is 13.2 Å². The monoisotopic (exact) mass is 335 g/mol. The number of pyridine rings is 1.